The Balaban J connectivity index is 2.19. The fourth-order valence-corrected chi connectivity index (χ4v) is 2.93. The third-order valence-corrected chi connectivity index (χ3v) is 4.14. The van der Waals surface area contributed by atoms with Crippen LogP contribution in [0.2, 0.25) is 0 Å². The monoisotopic (exact) mass is 316 g/mol. The molecule has 22 heavy (non-hydrogen) atoms. The molecule has 112 valence electrons. The standard InChI is InChI=1S/C16H12O5S/c17-13-6-3-11(4-7-13)12-5-8-14(15-2-1-9-21-15)16(10-12)22(18,19)20/h1-10,17H,(H,18,19,20). The highest BCUT2D eigenvalue weighted by Crippen LogP contribution is 2.32. The number of benzene rings is 2. The van der Waals surface area contributed by atoms with Gasteiger partial charge in [0.1, 0.15) is 16.4 Å². The summed E-state index contributed by atoms with van der Waals surface area (Å²) < 4.78 is 38.0. The van der Waals surface area contributed by atoms with Crippen molar-refractivity contribution in [3.8, 4) is 28.2 Å². The normalized spacial score (nSPS) is 11.5. The van der Waals surface area contributed by atoms with E-state index in [0.717, 1.165) is 0 Å². The Morgan fingerprint density at radius 3 is 2.18 bits per heavy atom. The lowest BCUT2D eigenvalue weighted by Gasteiger charge is -2.08. The van der Waals surface area contributed by atoms with Crippen molar-refractivity contribution in [2.45, 2.75) is 4.90 Å². The van der Waals surface area contributed by atoms with Crippen LogP contribution in [0.1, 0.15) is 0 Å². The highest BCUT2D eigenvalue weighted by atomic mass is 32.2. The molecule has 0 saturated heterocycles. The predicted octanol–water partition coefficient (Wildman–Crippen LogP) is 3.57. The van der Waals surface area contributed by atoms with E-state index in [2.05, 4.69) is 0 Å². The summed E-state index contributed by atoms with van der Waals surface area (Å²) in [5, 5.41) is 9.31. The van der Waals surface area contributed by atoms with Crippen molar-refractivity contribution >= 4 is 10.1 Å². The second-order valence-electron chi connectivity index (χ2n) is 4.71. The number of phenols is 1. The molecule has 0 bridgehead atoms. The van der Waals surface area contributed by atoms with Crippen LogP contribution in [0.4, 0.5) is 0 Å². The van der Waals surface area contributed by atoms with Gasteiger partial charge in [-0.1, -0.05) is 18.2 Å². The second kappa shape index (κ2) is 5.32. The van der Waals surface area contributed by atoms with Crippen molar-refractivity contribution in [1.82, 2.24) is 0 Å². The van der Waals surface area contributed by atoms with E-state index in [4.69, 9.17) is 4.42 Å². The first-order valence-corrected chi connectivity index (χ1v) is 7.84. The third-order valence-electron chi connectivity index (χ3n) is 3.25. The van der Waals surface area contributed by atoms with Crippen LogP contribution in [0.25, 0.3) is 22.5 Å². The molecular weight excluding hydrogens is 304 g/mol. The van der Waals surface area contributed by atoms with Crippen molar-refractivity contribution in [3.05, 3.63) is 60.9 Å². The largest absolute Gasteiger partial charge is 0.508 e. The first kappa shape index (κ1) is 14.4. The molecule has 0 saturated carbocycles. The molecule has 3 rings (SSSR count). The molecule has 0 spiro atoms. The zero-order chi connectivity index (χ0) is 15.7. The van der Waals surface area contributed by atoms with Crippen molar-refractivity contribution < 1.29 is 22.5 Å². The quantitative estimate of drug-likeness (QED) is 0.721. The van der Waals surface area contributed by atoms with Crippen LogP contribution in [-0.4, -0.2) is 18.1 Å². The Labute approximate surface area is 127 Å². The number of hydrogen-bond donors (Lipinski definition) is 2. The van der Waals surface area contributed by atoms with Crippen LogP contribution in [-0.2, 0) is 10.1 Å². The van der Waals surface area contributed by atoms with Crippen LogP contribution in [0, 0.1) is 0 Å². The van der Waals surface area contributed by atoms with Gasteiger partial charge in [0.25, 0.3) is 10.1 Å². The average Bonchev–Trinajstić information content (AvgIpc) is 3.01. The Hall–Kier alpha value is -2.57. The summed E-state index contributed by atoms with van der Waals surface area (Å²) in [5.41, 5.74) is 1.60. The van der Waals surface area contributed by atoms with Crippen LogP contribution in [0.3, 0.4) is 0 Å². The summed E-state index contributed by atoms with van der Waals surface area (Å²) in [6.45, 7) is 0. The molecule has 0 aliphatic heterocycles. The van der Waals surface area contributed by atoms with Gasteiger partial charge in [-0.05, 0) is 47.5 Å². The minimum atomic E-state index is -4.41. The highest BCUT2D eigenvalue weighted by Gasteiger charge is 2.19. The minimum Gasteiger partial charge on any atom is -0.508 e. The molecule has 1 aromatic heterocycles. The molecule has 0 atom stereocenters. The smallest absolute Gasteiger partial charge is 0.295 e. The molecule has 5 nitrogen and oxygen atoms in total. The topological polar surface area (TPSA) is 87.7 Å². The van der Waals surface area contributed by atoms with E-state index >= 15 is 0 Å². The maximum atomic E-state index is 11.7. The lowest BCUT2D eigenvalue weighted by atomic mass is 10.0. The summed E-state index contributed by atoms with van der Waals surface area (Å²) in [4.78, 5) is -0.229. The van der Waals surface area contributed by atoms with E-state index in [1.807, 2.05) is 0 Å². The molecule has 0 fully saturated rings. The Morgan fingerprint density at radius 1 is 0.909 bits per heavy atom. The molecule has 0 radical (unpaired) electrons. The lowest BCUT2D eigenvalue weighted by Crippen LogP contribution is -2.01. The number of aromatic hydroxyl groups is 1. The molecule has 2 aromatic carbocycles. The molecule has 0 unspecified atom stereocenters. The van der Waals surface area contributed by atoms with Crippen molar-refractivity contribution in [3.63, 3.8) is 0 Å². The SMILES string of the molecule is O=S(=O)(O)c1cc(-c2ccc(O)cc2)ccc1-c1ccco1. The zero-order valence-corrected chi connectivity index (χ0v) is 12.1. The third kappa shape index (κ3) is 2.74. The highest BCUT2D eigenvalue weighted by molar-refractivity contribution is 7.86. The van der Waals surface area contributed by atoms with E-state index in [-0.39, 0.29) is 16.2 Å². The van der Waals surface area contributed by atoms with Gasteiger partial charge in [-0.3, -0.25) is 4.55 Å². The average molecular weight is 316 g/mol. The van der Waals surface area contributed by atoms with E-state index in [0.29, 0.717) is 16.9 Å². The molecule has 0 amide bonds. The van der Waals surface area contributed by atoms with Gasteiger partial charge in [-0.2, -0.15) is 8.42 Å². The summed E-state index contributed by atoms with van der Waals surface area (Å²) in [5.74, 6) is 0.468. The molecule has 2 N–H and O–H groups in total. The van der Waals surface area contributed by atoms with Gasteiger partial charge in [0.05, 0.1) is 6.26 Å². The molecular formula is C16H12O5S. The molecule has 3 aromatic rings. The summed E-state index contributed by atoms with van der Waals surface area (Å²) in [6, 6.07) is 14.2. The Kier molecular flexibility index (Phi) is 3.48. The van der Waals surface area contributed by atoms with Gasteiger partial charge in [0, 0.05) is 5.56 Å². The first-order valence-electron chi connectivity index (χ1n) is 6.40. The fraction of sp³-hybridized carbons (Fsp3) is 0. The minimum absolute atomic E-state index is 0.117. The number of furan rings is 1. The maximum absolute atomic E-state index is 11.7. The van der Waals surface area contributed by atoms with Crippen LogP contribution >= 0.6 is 0 Å². The number of rotatable bonds is 3. The number of hydrogen-bond acceptors (Lipinski definition) is 4. The molecule has 6 heteroatoms. The van der Waals surface area contributed by atoms with Gasteiger partial charge in [-0.25, -0.2) is 0 Å². The molecule has 1 heterocycles. The van der Waals surface area contributed by atoms with Crippen molar-refractivity contribution in [2.75, 3.05) is 0 Å². The summed E-state index contributed by atoms with van der Waals surface area (Å²) in [6.07, 6.45) is 1.43. The second-order valence-corrected chi connectivity index (χ2v) is 6.10. The first-order chi connectivity index (χ1) is 10.4. The van der Waals surface area contributed by atoms with Crippen LogP contribution < -0.4 is 0 Å². The van der Waals surface area contributed by atoms with Gasteiger partial charge >= 0.3 is 0 Å². The van der Waals surface area contributed by atoms with Crippen LogP contribution in [0.5, 0.6) is 5.75 Å². The van der Waals surface area contributed by atoms with Gasteiger partial charge in [-0.15, -0.1) is 0 Å². The zero-order valence-electron chi connectivity index (χ0n) is 11.3. The molecule has 0 aliphatic carbocycles. The van der Waals surface area contributed by atoms with Gasteiger partial charge in [0.2, 0.25) is 0 Å². The lowest BCUT2D eigenvalue weighted by molar-refractivity contribution is 0.475. The van der Waals surface area contributed by atoms with Crippen molar-refractivity contribution in [2.24, 2.45) is 0 Å². The summed E-state index contributed by atoms with van der Waals surface area (Å²) >= 11 is 0. The maximum Gasteiger partial charge on any atom is 0.295 e. The number of phenolic OH excluding ortho intramolecular Hbond substituents is 1. The van der Waals surface area contributed by atoms with E-state index in [9.17, 15) is 18.1 Å². The fourth-order valence-electron chi connectivity index (χ4n) is 2.20. The Bertz CT molecular complexity index is 894. The van der Waals surface area contributed by atoms with Gasteiger partial charge in [0.15, 0.2) is 0 Å². The van der Waals surface area contributed by atoms with Crippen LogP contribution in [0.15, 0.2) is 70.2 Å². The Morgan fingerprint density at radius 2 is 1.59 bits per heavy atom. The van der Waals surface area contributed by atoms with Gasteiger partial charge < -0.3 is 9.52 Å². The van der Waals surface area contributed by atoms with E-state index in [1.54, 1.807) is 36.4 Å². The van der Waals surface area contributed by atoms with E-state index < -0.39 is 10.1 Å². The van der Waals surface area contributed by atoms with Crippen molar-refractivity contribution in [1.29, 1.82) is 0 Å². The predicted molar refractivity (Wildman–Crippen MR) is 81.1 cm³/mol. The van der Waals surface area contributed by atoms with E-state index in [1.165, 1.54) is 24.5 Å². The molecule has 0 aliphatic rings. The summed E-state index contributed by atoms with van der Waals surface area (Å²) in [7, 11) is -4.41.